The molecule has 2 N–H and O–H groups in total. The monoisotopic (exact) mass is 647 g/mol. The van der Waals surface area contributed by atoms with E-state index in [1.54, 1.807) is 0 Å². The number of phosphoric ester groups is 1. The molecule has 44 heavy (non-hydrogen) atoms. The number of rotatable bonds is 32. The smallest absolute Gasteiger partial charge is 0.268 e. The number of likely N-dealkylation sites (N-methyl/N-ethyl adjacent to an activating group) is 1. The van der Waals surface area contributed by atoms with Gasteiger partial charge in [-0.2, -0.15) is 0 Å². The molecule has 3 atom stereocenters. The lowest BCUT2D eigenvalue weighted by Crippen LogP contribution is -2.46. The first-order valence-corrected chi connectivity index (χ1v) is 19.5. The lowest BCUT2D eigenvalue weighted by atomic mass is 10.0. The second-order valence-electron chi connectivity index (χ2n) is 13.6. The molecule has 0 saturated heterocycles. The number of aliphatic hydroxyl groups is 1. The molecular weight excluding hydrogens is 575 g/mol. The average Bonchev–Trinajstić information content (AvgIpc) is 2.95. The van der Waals surface area contributed by atoms with Gasteiger partial charge in [-0.25, -0.2) is 0 Å². The number of allylic oxidation sites excluding steroid dienone is 2. The van der Waals surface area contributed by atoms with Crippen LogP contribution in [-0.2, 0) is 18.4 Å². The zero-order chi connectivity index (χ0) is 32.9. The van der Waals surface area contributed by atoms with E-state index in [9.17, 15) is 19.4 Å². The first kappa shape index (κ1) is 43.2. The van der Waals surface area contributed by atoms with Crippen LogP contribution in [0.4, 0.5) is 0 Å². The number of carbonyl (C=O) groups is 1. The largest absolute Gasteiger partial charge is 0.756 e. The number of hydrogen-bond acceptors (Lipinski definition) is 6. The number of hydrogen-bond donors (Lipinski definition) is 2. The average molecular weight is 647 g/mol. The van der Waals surface area contributed by atoms with Crippen LogP contribution in [0.25, 0.3) is 0 Å². The fraction of sp³-hybridized carbons (Fsp3) is 0.914. The topological polar surface area (TPSA) is 108 Å². The predicted octanol–water partition coefficient (Wildman–Crippen LogP) is 8.22. The zero-order valence-corrected chi connectivity index (χ0v) is 30.3. The molecule has 0 aliphatic carbocycles. The molecule has 3 unspecified atom stereocenters. The minimum Gasteiger partial charge on any atom is -0.756 e. The minimum absolute atomic E-state index is 0.0112. The number of amides is 1. The van der Waals surface area contributed by atoms with Crippen LogP contribution in [0.2, 0.25) is 0 Å². The highest BCUT2D eigenvalue weighted by atomic mass is 31.2. The SMILES string of the molecule is CCCC/C=C\CCCCCCC(=O)NC(COP(=O)([O-])OCC[N+](C)(C)C)C(O)CCCCCCCCCCCCCC. The Morgan fingerprint density at radius 1 is 0.773 bits per heavy atom. The first-order valence-electron chi connectivity index (χ1n) is 18.0. The fourth-order valence-electron chi connectivity index (χ4n) is 5.02. The number of aliphatic hydroxyl groups excluding tert-OH is 1. The van der Waals surface area contributed by atoms with E-state index in [1.807, 2.05) is 21.1 Å². The van der Waals surface area contributed by atoms with Gasteiger partial charge in [0.15, 0.2) is 0 Å². The molecule has 0 radical (unpaired) electrons. The number of nitrogens with zero attached hydrogens (tertiary/aromatic N) is 1. The summed E-state index contributed by atoms with van der Waals surface area (Å²) >= 11 is 0. The van der Waals surface area contributed by atoms with Gasteiger partial charge in [-0.1, -0.05) is 129 Å². The Bertz CT molecular complexity index is 743. The summed E-state index contributed by atoms with van der Waals surface area (Å²) in [7, 11) is 1.29. The van der Waals surface area contributed by atoms with E-state index in [1.165, 1.54) is 70.6 Å². The van der Waals surface area contributed by atoms with Crippen molar-refractivity contribution in [2.45, 2.75) is 167 Å². The zero-order valence-electron chi connectivity index (χ0n) is 29.4. The molecule has 9 heteroatoms. The van der Waals surface area contributed by atoms with E-state index in [0.29, 0.717) is 23.9 Å². The highest BCUT2D eigenvalue weighted by molar-refractivity contribution is 7.45. The molecule has 0 rings (SSSR count). The molecule has 0 saturated carbocycles. The van der Waals surface area contributed by atoms with Crippen LogP contribution in [0.1, 0.15) is 155 Å². The van der Waals surface area contributed by atoms with Gasteiger partial charge in [0.1, 0.15) is 13.2 Å². The van der Waals surface area contributed by atoms with Crippen molar-refractivity contribution >= 4 is 13.7 Å². The molecule has 8 nitrogen and oxygen atoms in total. The molecule has 0 aliphatic heterocycles. The summed E-state index contributed by atoms with van der Waals surface area (Å²) in [4.78, 5) is 25.1. The van der Waals surface area contributed by atoms with Crippen molar-refractivity contribution < 1.29 is 32.9 Å². The Labute approximate surface area is 272 Å². The van der Waals surface area contributed by atoms with Crippen LogP contribution >= 0.6 is 7.82 Å². The molecule has 0 aromatic carbocycles. The third-order valence-corrected chi connectivity index (χ3v) is 8.97. The molecule has 0 fully saturated rings. The molecule has 0 aromatic heterocycles. The van der Waals surface area contributed by atoms with Gasteiger partial charge in [0.25, 0.3) is 7.82 Å². The molecule has 0 heterocycles. The van der Waals surface area contributed by atoms with Crippen LogP contribution in [0.5, 0.6) is 0 Å². The number of phosphoric acid groups is 1. The van der Waals surface area contributed by atoms with E-state index in [4.69, 9.17) is 9.05 Å². The maximum Gasteiger partial charge on any atom is 0.268 e. The molecule has 0 bridgehead atoms. The Morgan fingerprint density at radius 3 is 1.84 bits per heavy atom. The van der Waals surface area contributed by atoms with Gasteiger partial charge in [-0.15, -0.1) is 0 Å². The minimum atomic E-state index is -4.55. The summed E-state index contributed by atoms with van der Waals surface area (Å²) in [5.41, 5.74) is 0. The van der Waals surface area contributed by atoms with Crippen molar-refractivity contribution in [3.05, 3.63) is 12.2 Å². The Hall–Kier alpha value is -0.760. The summed E-state index contributed by atoms with van der Waals surface area (Å²) in [5.74, 6) is -0.182. The fourth-order valence-corrected chi connectivity index (χ4v) is 5.74. The lowest BCUT2D eigenvalue weighted by molar-refractivity contribution is -0.870. The van der Waals surface area contributed by atoms with E-state index >= 15 is 0 Å². The normalized spacial score (nSPS) is 15.0. The third kappa shape index (κ3) is 29.9. The van der Waals surface area contributed by atoms with Crippen LogP contribution in [0.3, 0.4) is 0 Å². The van der Waals surface area contributed by atoms with E-state index < -0.39 is 20.0 Å². The number of unbranched alkanes of at least 4 members (excludes halogenated alkanes) is 17. The second kappa shape index (κ2) is 28.5. The van der Waals surface area contributed by atoms with Crippen molar-refractivity contribution in [3.63, 3.8) is 0 Å². The van der Waals surface area contributed by atoms with E-state index in [0.717, 1.165) is 57.8 Å². The lowest BCUT2D eigenvalue weighted by Gasteiger charge is -2.30. The molecule has 0 spiro atoms. The highest BCUT2D eigenvalue weighted by Gasteiger charge is 2.24. The summed E-state index contributed by atoms with van der Waals surface area (Å²) in [5, 5.41) is 13.8. The first-order chi connectivity index (χ1) is 21.0. The standard InChI is InChI=1S/C35H71N2O6P/c1-6-8-10-12-14-16-18-19-20-22-24-26-28-34(38)33(32-43-44(40,41)42-31-30-37(3,4)5)36-35(39)29-27-25-23-21-17-15-13-11-9-7-2/h13,15,33-34,38H,6-12,14,16-32H2,1-5H3,(H-,36,39,40,41)/b15-13-. The van der Waals surface area contributed by atoms with Crippen LogP contribution in [0.15, 0.2) is 12.2 Å². The van der Waals surface area contributed by atoms with E-state index in [-0.39, 0.29) is 19.1 Å². The Balaban J connectivity index is 4.52. The molecule has 262 valence electrons. The summed E-state index contributed by atoms with van der Waals surface area (Å²) < 4.78 is 23.1. The molecular formula is C35H71N2O6P. The summed E-state index contributed by atoms with van der Waals surface area (Å²) in [6.07, 6.45) is 27.8. The molecule has 1 amide bonds. The highest BCUT2D eigenvalue weighted by Crippen LogP contribution is 2.38. The number of nitrogens with one attached hydrogen (secondary N) is 1. The van der Waals surface area contributed by atoms with Gasteiger partial charge in [0.2, 0.25) is 5.91 Å². The van der Waals surface area contributed by atoms with Crippen LogP contribution in [-0.4, -0.2) is 68.5 Å². The van der Waals surface area contributed by atoms with Crippen molar-refractivity contribution in [1.29, 1.82) is 0 Å². The molecule has 0 aromatic rings. The van der Waals surface area contributed by atoms with Gasteiger partial charge >= 0.3 is 0 Å². The summed E-state index contributed by atoms with van der Waals surface area (Å²) in [6.45, 7) is 4.63. The van der Waals surface area contributed by atoms with Gasteiger partial charge < -0.3 is 28.8 Å². The third-order valence-electron chi connectivity index (χ3n) is 8.00. The second-order valence-corrected chi connectivity index (χ2v) is 15.0. The maximum atomic E-state index is 12.7. The van der Waals surface area contributed by atoms with Crippen molar-refractivity contribution in [2.24, 2.45) is 0 Å². The Morgan fingerprint density at radius 2 is 1.27 bits per heavy atom. The van der Waals surface area contributed by atoms with Gasteiger partial charge in [0.05, 0.1) is 39.9 Å². The van der Waals surface area contributed by atoms with Gasteiger partial charge in [-0.05, 0) is 32.1 Å². The van der Waals surface area contributed by atoms with Gasteiger partial charge in [0, 0.05) is 6.42 Å². The van der Waals surface area contributed by atoms with Crippen LogP contribution < -0.4 is 10.2 Å². The Kier molecular flexibility index (Phi) is 28.0. The van der Waals surface area contributed by atoms with Gasteiger partial charge in [-0.3, -0.25) is 9.36 Å². The number of carbonyl (C=O) groups excluding carboxylic acids is 1. The maximum absolute atomic E-state index is 12.7. The van der Waals surface area contributed by atoms with Crippen molar-refractivity contribution in [2.75, 3.05) is 40.9 Å². The predicted molar refractivity (Wildman–Crippen MR) is 182 cm³/mol. The quantitative estimate of drug-likeness (QED) is 0.0330. The summed E-state index contributed by atoms with van der Waals surface area (Å²) in [6, 6.07) is -0.798. The van der Waals surface area contributed by atoms with Crippen molar-refractivity contribution in [3.8, 4) is 0 Å². The molecule has 0 aliphatic rings. The van der Waals surface area contributed by atoms with Crippen molar-refractivity contribution in [1.82, 2.24) is 5.32 Å². The van der Waals surface area contributed by atoms with Crippen LogP contribution in [0, 0.1) is 0 Å². The number of quaternary nitrogens is 1. The van der Waals surface area contributed by atoms with E-state index in [2.05, 4.69) is 31.3 Å².